The molecule has 1 aliphatic rings. The molecule has 0 radical (unpaired) electrons. The van der Waals surface area contributed by atoms with E-state index in [1.807, 2.05) is 6.92 Å². The van der Waals surface area contributed by atoms with Gasteiger partial charge in [0, 0.05) is 12.6 Å². The first kappa shape index (κ1) is 7.46. The lowest BCUT2D eigenvalue weighted by Gasteiger charge is -2.06. The van der Waals surface area contributed by atoms with Crippen molar-refractivity contribution in [3.63, 3.8) is 0 Å². The lowest BCUT2D eigenvalue weighted by Crippen LogP contribution is -2.15. The summed E-state index contributed by atoms with van der Waals surface area (Å²) in [5, 5.41) is 10.5. The molecule has 0 aromatic carbocycles. The van der Waals surface area contributed by atoms with Crippen LogP contribution < -0.4 is 10.6 Å². The van der Waals surface area contributed by atoms with Crippen LogP contribution in [0.5, 0.6) is 0 Å². The van der Waals surface area contributed by atoms with Crippen LogP contribution in [0.25, 0.3) is 0 Å². The maximum atomic E-state index is 5.05. The quantitative estimate of drug-likeness (QED) is 0.616. The van der Waals surface area contributed by atoms with Gasteiger partial charge in [-0.2, -0.15) is 0 Å². The van der Waals surface area contributed by atoms with Gasteiger partial charge in [-0.25, -0.2) is 0 Å². The van der Waals surface area contributed by atoms with Crippen LogP contribution in [0.3, 0.4) is 0 Å². The van der Waals surface area contributed by atoms with Gasteiger partial charge < -0.3 is 15.2 Å². The molecule has 1 atom stereocenters. The van der Waals surface area contributed by atoms with Crippen LogP contribution in [-0.2, 0) is 0 Å². The number of aromatic nitrogens is 1. The summed E-state index contributed by atoms with van der Waals surface area (Å²) in [7, 11) is 0. The second-order valence-electron chi connectivity index (χ2n) is 3.22. The highest BCUT2D eigenvalue weighted by atomic mass is 16.5. The van der Waals surface area contributed by atoms with E-state index in [0.29, 0.717) is 6.04 Å². The number of rotatable bonds is 0. The fourth-order valence-electron chi connectivity index (χ4n) is 1.40. The zero-order valence-corrected chi connectivity index (χ0v) is 7.35. The predicted octanol–water partition coefficient (Wildman–Crippen LogP) is 1.60. The zero-order valence-electron chi connectivity index (χ0n) is 7.35. The van der Waals surface area contributed by atoms with Crippen molar-refractivity contribution in [3.8, 4) is 0 Å². The lowest BCUT2D eigenvalue weighted by atomic mass is 10.2. The standard InChI is InChI=1S/C8H13N3O/c1-5-3-4-9-7-6(2)12-11-8(7)10-5/h5,9H,3-4H2,1-2H3,(H,10,11). The summed E-state index contributed by atoms with van der Waals surface area (Å²) in [5.41, 5.74) is 1.01. The Morgan fingerprint density at radius 3 is 3.25 bits per heavy atom. The Kier molecular flexibility index (Phi) is 1.67. The van der Waals surface area contributed by atoms with Gasteiger partial charge in [0.15, 0.2) is 11.6 Å². The third kappa shape index (κ3) is 1.13. The van der Waals surface area contributed by atoms with E-state index in [-0.39, 0.29) is 0 Å². The molecule has 12 heavy (non-hydrogen) atoms. The van der Waals surface area contributed by atoms with Crippen molar-refractivity contribution in [3.05, 3.63) is 5.76 Å². The Morgan fingerprint density at radius 2 is 2.42 bits per heavy atom. The van der Waals surface area contributed by atoms with Gasteiger partial charge in [0.1, 0.15) is 5.69 Å². The zero-order chi connectivity index (χ0) is 8.55. The Morgan fingerprint density at radius 1 is 1.58 bits per heavy atom. The highest BCUT2D eigenvalue weighted by Gasteiger charge is 2.17. The van der Waals surface area contributed by atoms with E-state index in [2.05, 4.69) is 22.7 Å². The maximum Gasteiger partial charge on any atom is 0.193 e. The minimum absolute atomic E-state index is 0.461. The summed E-state index contributed by atoms with van der Waals surface area (Å²) in [6, 6.07) is 0.461. The number of nitrogens with one attached hydrogen (secondary N) is 2. The molecular formula is C8H13N3O. The molecule has 1 unspecified atom stereocenters. The van der Waals surface area contributed by atoms with Crippen LogP contribution in [0.4, 0.5) is 11.5 Å². The average molecular weight is 167 g/mol. The summed E-state index contributed by atoms with van der Waals surface area (Å²) < 4.78 is 5.05. The monoisotopic (exact) mass is 167 g/mol. The number of hydrogen-bond donors (Lipinski definition) is 2. The SMILES string of the molecule is Cc1onc2c1NCCC(C)N2. The van der Waals surface area contributed by atoms with Crippen molar-refractivity contribution in [2.45, 2.75) is 26.3 Å². The molecule has 4 heteroatoms. The molecule has 1 aromatic rings. The molecule has 0 amide bonds. The fourth-order valence-corrected chi connectivity index (χ4v) is 1.40. The molecule has 4 nitrogen and oxygen atoms in total. The van der Waals surface area contributed by atoms with Crippen molar-refractivity contribution >= 4 is 11.5 Å². The molecule has 2 N–H and O–H groups in total. The van der Waals surface area contributed by atoms with Crippen LogP contribution >= 0.6 is 0 Å². The summed E-state index contributed by atoms with van der Waals surface area (Å²) in [6.45, 7) is 5.03. The van der Waals surface area contributed by atoms with E-state index in [0.717, 1.165) is 30.2 Å². The van der Waals surface area contributed by atoms with Crippen LogP contribution in [0.15, 0.2) is 4.52 Å². The van der Waals surface area contributed by atoms with Gasteiger partial charge in [-0.1, -0.05) is 5.16 Å². The van der Waals surface area contributed by atoms with Crippen molar-refractivity contribution in [1.82, 2.24) is 5.16 Å². The molecule has 1 aliphatic heterocycles. The van der Waals surface area contributed by atoms with E-state index in [4.69, 9.17) is 4.52 Å². The van der Waals surface area contributed by atoms with E-state index in [1.165, 1.54) is 0 Å². The van der Waals surface area contributed by atoms with Gasteiger partial charge in [0.05, 0.1) is 0 Å². The number of aryl methyl sites for hydroxylation is 1. The third-order valence-electron chi connectivity index (χ3n) is 2.12. The average Bonchev–Trinajstić information content (AvgIpc) is 2.31. The molecule has 0 bridgehead atoms. The Labute approximate surface area is 71.3 Å². The molecule has 0 saturated heterocycles. The van der Waals surface area contributed by atoms with Crippen molar-refractivity contribution in [2.24, 2.45) is 0 Å². The van der Waals surface area contributed by atoms with E-state index in [9.17, 15) is 0 Å². The minimum Gasteiger partial charge on any atom is -0.379 e. The number of anilines is 2. The van der Waals surface area contributed by atoms with Crippen molar-refractivity contribution in [2.75, 3.05) is 17.2 Å². The topological polar surface area (TPSA) is 50.1 Å². The molecule has 0 spiro atoms. The first-order chi connectivity index (χ1) is 5.77. The Bertz CT molecular complexity index is 282. The molecule has 1 aromatic heterocycles. The molecule has 2 heterocycles. The molecular weight excluding hydrogens is 154 g/mol. The number of hydrogen-bond acceptors (Lipinski definition) is 4. The number of nitrogens with zero attached hydrogens (tertiary/aromatic N) is 1. The minimum atomic E-state index is 0.461. The molecule has 0 fully saturated rings. The molecule has 66 valence electrons. The first-order valence-corrected chi connectivity index (χ1v) is 4.24. The number of fused-ring (bicyclic) bond motifs is 1. The largest absolute Gasteiger partial charge is 0.379 e. The smallest absolute Gasteiger partial charge is 0.193 e. The van der Waals surface area contributed by atoms with Crippen LogP contribution in [-0.4, -0.2) is 17.7 Å². The highest BCUT2D eigenvalue weighted by Crippen LogP contribution is 2.27. The summed E-state index contributed by atoms with van der Waals surface area (Å²) >= 11 is 0. The summed E-state index contributed by atoms with van der Waals surface area (Å²) in [4.78, 5) is 0. The third-order valence-corrected chi connectivity index (χ3v) is 2.12. The maximum absolute atomic E-state index is 5.05. The fraction of sp³-hybridized carbons (Fsp3) is 0.625. The van der Waals surface area contributed by atoms with Crippen molar-refractivity contribution in [1.29, 1.82) is 0 Å². The lowest BCUT2D eigenvalue weighted by molar-refractivity contribution is 0.399. The van der Waals surface area contributed by atoms with Crippen LogP contribution in [0, 0.1) is 6.92 Å². The van der Waals surface area contributed by atoms with E-state index in [1.54, 1.807) is 0 Å². The molecule has 0 saturated carbocycles. The normalized spacial score (nSPS) is 22.0. The summed E-state index contributed by atoms with van der Waals surface area (Å²) in [6.07, 6.45) is 1.11. The van der Waals surface area contributed by atoms with Crippen LogP contribution in [0.1, 0.15) is 19.1 Å². The summed E-state index contributed by atoms with van der Waals surface area (Å²) in [5.74, 6) is 1.70. The van der Waals surface area contributed by atoms with E-state index < -0.39 is 0 Å². The second-order valence-corrected chi connectivity index (χ2v) is 3.22. The van der Waals surface area contributed by atoms with Gasteiger partial charge in [0.25, 0.3) is 0 Å². The van der Waals surface area contributed by atoms with Gasteiger partial charge in [-0.3, -0.25) is 0 Å². The Balaban J connectivity index is 2.32. The van der Waals surface area contributed by atoms with Gasteiger partial charge in [0.2, 0.25) is 0 Å². The van der Waals surface area contributed by atoms with Gasteiger partial charge in [-0.05, 0) is 20.3 Å². The van der Waals surface area contributed by atoms with Crippen molar-refractivity contribution < 1.29 is 4.52 Å². The first-order valence-electron chi connectivity index (χ1n) is 4.24. The molecule has 0 aliphatic carbocycles. The van der Waals surface area contributed by atoms with Gasteiger partial charge in [-0.15, -0.1) is 0 Å². The van der Waals surface area contributed by atoms with E-state index >= 15 is 0 Å². The predicted molar refractivity (Wildman–Crippen MR) is 47.4 cm³/mol. The Hall–Kier alpha value is -1.19. The second kappa shape index (κ2) is 2.69. The van der Waals surface area contributed by atoms with Crippen LogP contribution in [0.2, 0.25) is 0 Å². The van der Waals surface area contributed by atoms with Gasteiger partial charge >= 0.3 is 0 Å². The highest BCUT2D eigenvalue weighted by molar-refractivity contribution is 5.67. The molecule has 2 rings (SSSR count).